The van der Waals surface area contributed by atoms with Gasteiger partial charge in [0.15, 0.2) is 17.2 Å². The molecule has 0 saturated carbocycles. The smallest absolute Gasteiger partial charge is 0.189 e. The molecular weight excluding hydrogens is 471 g/mol. The lowest BCUT2D eigenvalue weighted by molar-refractivity contribution is -0.222. The van der Waals surface area contributed by atoms with Gasteiger partial charge >= 0.3 is 0 Å². The number of thiocarbonyl (C=S) groups is 1. The number of unbranched alkanes of at least 4 members (excludes halogenated alkanes) is 4. The third-order valence-electron chi connectivity index (χ3n) is 6.13. The highest BCUT2D eigenvalue weighted by Crippen LogP contribution is 2.39. The van der Waals surface area contributed by atoms with Crippen molar-refractivity contribution < 1.29 is 28.1 Å². The summed E-state index contributed by atoms with van der Waals surface area (Å²) < 4.78 is 44.9. The van der Waals surface area contributed by atoms with E-state index in [1.54, 1.807) is 18.2 Å². The topological polar surface area (TPSA) is 70.2 Å². The van der Waals surface area contributed by atoms with Crippen LogP contribution < -0.4 is 10.6 Å². The van der Waals surface area contributed by atoms with Crippen LogP contribution in [0.2, 0.25) is 0 Å². The third kappa shape index (κ3) is 8.33. The number of fused-ring (bicyclic) bond motifs is 1. The zero-order chi connectivity index (χ0) is 25.3. The summed E-state index contributed by atoms with van der Waals surface area (Å²) in [6.07, 6.45) is 4.73. The van der Waals surface area contributed by atoms with Gasteiger partial charge in [-0.1, -0.05) is 51.7 Å². The van der Waals surface area contributed by atoms with Crippen molar-refractivity contribution in [2.75, 3.05) is 25.1 Å². The van der Waals surface area contributed by atoms with Crippen LogP contribution in [0.5, 0.6) is 0 Å². The molecule has 9 heteroatoms. The normalized spacial score (nSPS) is 25.9. The van der Waals surface area contributed by atoms with Crippen molar-refractivity contribution in [3.8, 4) is 0 Å². The summed E-state index contributed by atoms with van der Waals surface area (Å²) in [6.45, 7) is 9.72. The molecule has 198 valence electrons. The van der Waals surface area contributed by atoms with Crippen LogP contribution >= 0.6 is 12.2 Å². The lowest BCUT2D eigenvalue weighted by atomic mass is 10.0. The molecule has 2 N–H and O–H groups in total. The van der Waals surface area contributed by atoms with E-state index < -0.39 is 24.3 Å². The maximum Gasteiger partial charge on any atom is 0.189 e. The minimum atomic E-state index is -0.783. The first-order valence-corrected chi connectivity index (χ1v) is 13.3. The van der Waals surface area contributed by atoms with Crippen molar-refractivity contribution >= 4 is 23.0 Å². The maximum atomic E-state index is 14.2. The second-order valence-corrected chi connectivity index (χ2v) is 9.98. The molecule has 5 atom stereocenters. The predicted molar refractivity (Wildman–Crippen MR) is 138 cm³/mol. The molecule has 0 unspecified atom stereocenters. The molecule has 1 aromatic rings. The van der Waals surface area contributed by atoms with Crippen LogP contribution in [-0.4, -0.2) is 61.4 Å². The monoisotopic (exact) mass is 512 g/mol. The molecule has 0 radical (unpaired) electrons. The average Bonchev–Trinajstić information content (AvgIpc) is 3.28. The fraction of sp³-hybridized carbons (Fsp3) is 0.731. The van der Waals surface area contributed by atoms with Crippen LogP contribution in [0.4, 0.5) is 10.1 Å². The summed E-state index contributed by atoms with van der Waals surface area (Å²) in [4.78, 5) is 0. The largest absolute Gasteiger partial charge is 0.379 e. The fourth-order valence-corrected chi connectivity index (χ4v) is 4.61. The van der Waals surface area contributed by atoms with Crippen LogP contribution in [0.25, 0.3) is 0 Å². The van der Waals surface area contributed by atoms with Gasteiger partial charge in [-0.25, -0.2) is 4.39 Å². The van der Waals surface area contributed by atoms with Crippen molar-refractivity contribution in [1.82, 2.24) is 5.32 Å². The Balaban J connectivity index is 1.71. The predicted octanol–water partition coefficient (Wildman–Crippen LogP) is 5.14. The Morgan fingerprint density at radius 3 is 2.51 bits per heavy atom. The first-order valence-electron chi connectivity index (χ1n) is 12.9. The van der Waals surface area contributed by atoms with Gasteiger partial charge in [0.1, 0.15) is 24.1 Å². The van der Waals surface area contributed by atoms with E-state index in [-0.39, 0.29) is 23.1 Å². The van der Waals surface area contributed by atoms with E-state index in [1.165, 1.54) is 6.07 Å². The fourth-order valence-electron chi connectivity index (χ4n) is 4.37. The Labute approximate surface area is 214 Å². The van der Waals surface area contributed by atoms with Crippen molar-refractivity contribution in [3.05, 3.63) is 30.1 Å². The van der Waals surface area contributed by atoms with Gasteiger partial charge in [0.2, 0.25) is 0 Å². The molecule has 2 saturated heterocycles. The third-order valence-corrected chi connectivity index (χ3v) is 6.35. The van der Waals surface area contributed by atoms with Crippen LogP contribution in [0.1, 0.15) is 66.2 Å². The minimum absolute atomic E-state index is 0.274. The summed E-state index contributed by atoms with van der Waals surface area (Å²) >= 11 is 5.53. The molecule has 3 rings (SSSR count). The number of anilines is 1. The Bertz CT molecular complexity index is 799. The van der Waals surface area contributed by atoms with Gasteiger partial charge in [0.05, 0.1) is 18.3 Å². The number of hydrogen-bond acceptors (Lipinski definition) is 6. The molecule has 0 aliphatic carbocycles. The molecule has 0 aromatic heterocycles. The number of nitrogens with one attached hydrogen (secondary N) is 2. The number of rotatable bonds is 14. The minimum Gasteiger partial charge on any atom is -0.379 e. The van der Waals surface area contributed by atoms with E-state index in [0.717, 1.165) is 38.5 Å². The first kappa shape index (κ1) is 28.2. The average molecular weight is 513 g/mol. The number of ether oxygens (including phenoxy) is 5. The molecule has 0 amide bonds. The number of benzene rings is 1. The van der Waals surface area contributed by atoms with Crippen LogP contribution in [-0.2, 0) is 23.7 Å². The van der Waals surface area contributed by atoms with Crippen molar-refractivity contribution in [2.24, 2.45) is 0 Å². The Morgan fingerprint density at radius 2 is 1.80 bits per heavy atom. The molecule has 0 bridgehead atoms. The van der Waals surface area contributed by atoms with Crippen LogP contribution in [0.3, 0.4) is 0 Å². The highest BCUT2D eigenvalue weighted by atomic mass is 32.1. The lowest BCUT2D eigenvalue weighted by Crippen LogP contribution is -2.54. The quantitative estimate of drug-likeness (QED) is 0.262. The molecule has 2 fully saturated rings. The summed E-state index contributed by atoms with van der Waals surface area (Å²) in [5.41, 5.74) is 0.299. The van der Waals surface area contributed by atoms with Gasteiger partial charge in [-0.05, 0) is 51.0 Å². The lowest BCUT2D eigenvalue weighted by Gasteiger charge is -2.32. The molecular formula is C26H41FN2O5S. The first-order chi connectivity index (χ1) is 16.8. The molecule has 7 nitrogen and oxygen atoms in total. The van der Waals surface area contributed by atoms with E-state index in [2.05, 4.69) is 24.5 Å². The summed E-state index contributed by atoms with van der Waals surface area (Å²) in [5, 5.41) is 6.51. The van der Waals surface area contributed by atoms with E-state index in [0.29, 0.717) is 25.5 Å². The van der Waals surface area contributed by atoms with E-state index >= 15 is 0 Å². The van der Waals surface area contributed by atoms with Gasteiger partial charge < -0.3 is 34.3 Å². The SMILES string of the molecule is CCCCCOC[C@@H](OCCCCC)[C@H]1O[C@@H]2OC(C)(C)O[C@@H]2[C@H]1NC(=S)Nc1ccccc1F. The molecule has 1 aromatic carbocycles. The Morgan fingerprint density at radius 1 is 1.09 bits per heavy atom. The van der Waals surface area contributed by atoms with Crippen molar-refractivity contribution in [3.63, 3.8) is 0 Å². The summed E-state index contributed by atoms with van der Waals surface area (Å²) in [6, 6.07) is 6.03. The molecule has 2 aliphatic heterocycles. The van der Waals surface area contributed by atoms with Gasteiger partial charge in [0.25, 0.3) is 0 Å². The molecule has 0 spiro atoms. The van der Waals surface area contributed by atoms with E-state index in [4.69, 9.17) is 35.9 Å². The molecule has 35 heavy (non-hydrogen) atoms. The highest BCUT2D eigenvalue weighted by Gasteiger charge is 2.57. The standard InChI is InChI=1S/C26H41FN2O5S/c1-5-7-11-15-30-17-20(31-16-12-8-6-2)22-21(23-24(32-22)34-26(3,4)33-23)29-25(35)28-19-14-10-9-13-18(19)27/h9-10,13-14,20-24H,5-8,11-12,15-17H2,1-4H3,(H2,28,29,35)/t20-,21+,22-,23-,24-/m1/s1. The van der Waals surface area contributed by atoms with Gasteiger partial charge in [-0.2, -0.15) is 0 Å². The van der Waals surface area contributed by atoms with Gasteiger partial charge in [-0.15, -0.1) is 0 Å². The second-order valence-electron chi connectivity index (χ2n) is 9.57. The van der Waals surface area contributed by atoms with Gasteiger partial charge in [0, 0.05) is 13.2 Å². The zero-order valence-electron chi connectivity index (χ0n) is 21.4. The maximum absolute atomic E-state index is 14.2. The Kier molecular flexibility index (Phi) is 11.1. The van der Waals surface area contributed by atoms with Gasteiger partial charge in [-0.3, -0.25) is 0 Å². The van der Waals surface area contributed by atoms with Crippen LogP contribution in [0.15, 0.2) is 24.3 Å². The molecule has 2 aliphatic rings. The van der Waals surface area contributed by atoms with E-state index in [9.17, 15) is 4.39 Å². The van der Waals surface area contributed by atoms with Crippen molar-refractivity contribution in [2.45, 2.75) is 103 Å². The number of para-hydroxylation sites is 1. The Hall–Kier alpha value is -1.36. The summed E-state index contributed by atoms with van der Waals surface area (Å²) in [7, 11) is 0. The van der Waals surface area contributed by atoms with E-state index in [1.807, 2.05) is 13.8 Å². The second kappa shape index (κ2) is 13.8. The molecule has 2 heterocycles. The summed E-state index contributed by atoms with van der Waals surface area (Å²) in [5.74, 6) is -1.16. The number of halogens is 1. The highest BCUT2D eigenvalue weighted by molar-refractivity contribution is 7.80. The number of hydrogen-bond donors (Lipinski definition) is 2. The van der Waals surface area contributed by atoms with Crippen LogP contribution in [0, 0.1) is 5.82 Å². The zero-order valence-corrected chi connectivity index (χ0v) is 22.2. The van der Waals surface area contributed by atoms with Crippen molar-refractivity contribution in [1.29, 1.82) is 0 Å².